The average Bonchev–Trinajstić information content (AvgIpc) is 2.40. The van der Waals surface area contributed by atoms with E-state index in [4.69, 9.17) is 0 Å². The Morgan fingerprint density at radius 1 is 1.37 bits per heavy atom. The molecule has 0 bridgehead atoms. The maximum atomic E-state index is 12.1. The maximum Gasteiger partial charge on any atom is 0.321 e. The third-order valence-corrected chi connectivity index (χ3v) is 3.43. The molecule has 0 aliphatic carbocycles. The van der Waals surface area contributed by atoms with Crippen LogP contribution < -0.4 is 5.32 Å². The van der Waals surface area contributed by atoms with Gasteiger partial charge in [0.2, 0.25) is 0 Å². The number of aliphatic hydroxyl groups is 1. The lowest BCUT2D eigenvalue weighted by molar-refractivity contribution is 0.198. The Bertz CT molecular complexity index is 414. The number of anilines is 1. The molecule has 0 spiro atoms. The highest BCUT2D eigenvalue weighted by atomic mass is 16.3. The van der Waals surface area contributed by atoms with Crippen LogP contribution in [0.25, 0.3) is 0 Å². The number of aliphatic hydroxyl groups excluding tert-OH is 1. The normalized spacial score (nSPS) is 12.3. The molecule has 19 heavy (non-hydrogen) atoms. The van der Waals surface area contributed by atoms with Crippen LogP contribution in [0.3, 0.4) is 0 Å². The molecule has 0 aromatic heterocycles. The molecule has 2 N–H and O–H groups in total. The SMILES string of the molecule is CCC(CC)N(C)C(=O)Nc1cccc(C(C)O)c1. The van der Waals surface area contributed by atoms with Crippen molar-refractivity contribution in [1.82, 2.24) is 4.90 Å². The van der Waals surface area contributed by atoms with Crippen LogP contribution in [0, 0.1) is 0 Å². The van der Waals surface area contributed by atoms with E-state index in [1.807, 2.05) is 25.2 Å². The van der Waals surface area contributed by atoms with Crippen molar-refractivity contribution >= 4 is 11.7 Å². The third-order valence-electron chi connectivity index (χ3n) is 3.43. The van der Waals surface area contributed by atoms with E-state index in [0.29, 0.717) is 5.69 Å². The molecule has 0 aliphatic heterocycles. The van der Waals surface area contributed by atoms with Gasteiger partial charge in [-0.15, -0.1) is 0 Å². The number of benzene rings is 1. The lowest BCUT2D eigenvalue weighted by Gasteiger charge is -2.26. The van der Waals surface area contributed by atoms with E-state index in [2.05, 4.69) is 19.2 Å². The number of urea groups is 1. The molecule has 4 nitrogen and oxygen atoms in total. The minimum Gasteiger partial charge on any atom is -0.389 e. The van der Waals surface area contributed by atoms with E-state index in [-0.39, 0.29) is 12.1 Å². The molecule has 0 saturated heterocycles. The van der Waals surface area contributed by atoms with Crippen LogP contribution in [0.1, 0.15) is 45.3 Å². The van der Waals surface area contributed by atoms with Crippen LogP contribution in [-0.2, 0) is 0 Å². The van der Waals surface area contributed by atoms with Crippen LogP contribution in [0.4, 0.5) is 10.5 Å². The van der Waals surface area contributed by atoms with Crippen molar-refractivity contribution in [2.75, 3.05) is 12.4 Å². The molecule has 1 unspecified atom stereocenters. The first-order valence-corrected chi connectivity index (χ1v) is 6.81. The zero-order chi connectivity index (χ0) is 14.4. The van der Waals surface area contributed by atoms with Crippen molar-refractivity contribution in [3.05, 3.63) is 29.8 Å². The maximum absolute atomic E-state index is 12.1. The molecule has 0 aliphatic rings. The van der Waals surface area contributed by atoms with E-state index < -0.39 is 6.10 Å². The first-order chi connectivity index (χ1) is 8.99. The molecule has 2 amide bonds. The van der Waals surface area contributed by atoms with Gasteiger partial charge in [-0.25, -0.2) is 4.79 Å². The fourth-order valence-corrected chi connectivity index (χ4v) is 2.09. The number of hydrogen-bond donors (Lipinski definition) is 2. The smallest absolute Gasteiger partial charge is 0.321 e. The van der Waals surface area contributed by atoms with Gasteiger partial charge in [0.05, 0.1) is 6.10 Å². The summed E-state index contributed by atoms with van der Waals surface area (Å²) in [5.74, 6) is 0. The van der Waals surface area contributed by atoms with E-state index in [1.54, 1.807) is 17.9 Å². The van der Waals surface area contributed by atoms with Gasteiger partial charge < -0.3 is 15.3 Å². The Kier molecular flexibility index (Phi) is 5.83. The van der Waals surface area contributed by atoms with E-state index in [9.17, 15) is 9.90 Å². The summed E-state index contributed by atoms with van der Waals surface area (Å²) in [5, 5.41) is 12.4. The van der Waals surface area contributed by atoms with Crippen molar-refractivity contribution in [2.45, 2.75) is 45.8 Å². The monoisotopic (exact) mass is 264 g/mol. The largest absolute Gasteiger partial charge is 0.389 e. The van der Waals surface area contributed by atoms with E-state index in [1.165, 1.54) is 0 Å². The molecule has 106 valence electrons. The molecule has 1 atom stereocenters. The standard InChI is InChI=1S/C15H24N2O2/c1-5-14(6-2)17(4)15(19)16-13-9-7-8-12(10-13)11(3)18/h7-11,14,18H,5-6H2,1-4H3,(H,16,19). The molecule has 4 heteroatoms. The minimum atomic E-state index is -0.534. The average molecular weight is 264 g/mol. The lowest BCUT2D eigenvalue weighted by atomic mass is 10.1. The van der Waals surface area contributed by atoms with Crippen LogP contribution >= 0.6 is 0 Å². The second-order valence-electron chi connectivity index (χ2n) is 4.81. The van der Waals surface area contributed by atoms with Crippen molar-refractivity contribution in [3.63, 3.8) is 0 Å². The zero-order valence-corrected chi connectivity index (χ0v) is 12.2. The van der Waals surface area contributed by atoms with Crippen molar-refractivity contribution in [2.24, 2.45) is 0 Å². The van der Waals surface area contributed by atoms with Crippen LogP contribution in [0.15, 0.2) is 24.3 Å². The predicted molar refractivity (Wildman–Crippen MR) is 78.2 cm³/mol. The molecular formula is C15H24N2O2. The number of nitrogens with one attached hydrogen (secondary N) is 1. The summed E-state index contributed by atoms with van der Waals surface area (Å²) in [5.41, 5.74) is 1.50. The Hall–Kier alpha value is -1.55. The van der Waals surface area contributed by atoms with Crippen molar-refractivity contribution < 1.29 is 9.90 Å². The van der Waals surface area contributed by atoms with Gasteiger partial charge in [-0.1, -0.05) is 26.0 Å². The highest BCUT2D eigenvalue weighted by Gasteiger charge is 2.16. The Morgan fingerprint density at radius 3 is 2.53 bits per heavy atom. The summed E-state index contributed by atoms with van der Waals surface area (Å²) in [6, 6.07) is 7.42. The van der Waals surface area contributed by atoms with Crippen LogP contribution in [0.2, 0.25) is 0 Å². The summed E-state index contributed by atoms with van der Waals surface area (Å²) in [7, 11) is 1.81. The molecule has 0 radical (unpaired) electrons. The van der Waals surface area contributed by atoms with Crippen LogP contribution in [0.5, 0.6) is 0 Å². The van der Waals surface area contributed by atoms with Gasteiger partial charge in [-0.3, -0.25) is 0 Å². The first kappa shape index (κ1) is 15.5. The number of amides is 2. The molecule has 1 rings (SSSR count). The minimum absolute atomic E-state index is 0.114. The number of hydrogen-bond acceptors (Lipinski definition) is 2. The van der Waals surface area contributed by atoms with E-state index >= 15 is 0 Å². The Balaban J connectivity index is 2.73. The van der Waals surface area contributed by atoms with Gasteiger partial charge in [0.25, 0.3) is 0 Å². The summed E-state index contributed by atoms with van der Waals surface area (Å²) in [6.45, 7) is 5.86. The zero-order valence-electron chi connectivity index (χ0n) is 12.2. The summed E-state index contributed by atoms with van der Waals surface area (Å²) in [6.07, 6.45) is 1.34. The highest BCUT2D eigenvalue weighted by Crippen LogP contribution is 2.18. The fraction of sp³-hybridized carbons (Fsp3) is 0.533. The molecule has 0 saturated carbocycles. The topological polar surface area (TPSA) is 52.6 Å². The quantitative estimate of drug-likeness (QED) is 0.856. The van der Waals surface area contributed by atoms with Gasteiger partial charge in [-0.05, 0) is 37.5 Å². The second-order valence-corrected chi connectivity index (χ2v) is 4.81. The number of nitrogens with zero attached hydrogens (tertiary/aromatic N) is 1. The Labute approximate surface area is 115 Å². The van der Waals surface area contributed by atoms with Gasteiger partial charge in [0, 0.05) is 18.8 Å². The van der Waals surface area contributed by atoms with Crippen molar-refractivity contribution in [3.8, 4) is 0 Å². The number of carbonyl (C=O) groups excluding carboxylic acids is 1. The van der Waals surface area contributed by atoms with Crippen LogP contribution in [-0.4, -0.2) is 29.1 Å². The van der Waals surface area contributed by atoms with Gasteiger partial charge >= 0.3 is 6.03 Å². The van der Waals surface area contributed by atoms with Gasteiger partial charge in [0.15, 0.2) is 0 Å². The molecular weight excluding hydrogens is 240 g/mol. The predicted octanol–water partition coefficient (Wildman–Crippen LogP) is 3.39. The van der Waals surface area contributed by atoms with Gasteiger partial charge in [0.1, 0.15) is 0 Å². The number of rotatable bonds is 5. The molecule has 0 fully saturated rings. The summed E-state index contributed by atoms with van der Waals surface area (Å²) >= 11 is 0. The summed E-state index contributed by atoms with van der Waals surface area (Å²) in [4.78, 5) is 13.8. The van der Waals surface area contributed by atoms with Gasteiger partial charge in [-0.2, -0.15) is 0 Å². The third kappa shape index (κ3) is 4.24. The molecule has 0 heterocycles. The fourth-order valence-electron chi connectivity index (χ4n) is 2.09. The highest BCUT2D eigenvalue weighted by molar-refractivity contribution is 5.89. The summed E-state index contributed by atoms with van der Waals surface area (Å²) < 4.78 is 0. The second kappa shape index (κ2) is 7.14. The lowest BCUT2D eigenvalue weighted by Crippen LogP contribution is -2.39. The Morgan fingerprint density at radius 2 is 2.00 bits per heavy atom. The van der Waals surface area contributed by atoms with E-state index in [0.717, 1.165) is 18.4 Å². The number of carbonyl (C=O) groups is 1. The first-order valence-electron chi connectivity index (χ1n) is 6.81. The molecule has 1 aromatic carbocycles. The molecule has 1 aromatic rings. The van der Waals surface area contributed by atoms with Crippen molar-refractivity contribution in [1.29, 1.82) is 0 Å².